The molecule has 2 rings (SSSR count). The molecule has 1 saturated heterocycles. The molecule has 2 N–H and O–H groups in total. The first-order chi connectivity index (χ1) is 8.49. The fraction of sp³-hybridized carbons (Fsp3) is 0.750. The highest BCUT2D eigenvalue weighted by Crippen LogP contribution is 2.40. The first kappa shape index (κ1) is 13.4. The molecule has 102 valence electrons. The average Bonchev–Trinajstić information content (AvgIpc) is 2.86. The Balaban J connectivity index is 2.14. The van der Waals surface area contributed by atoms with Crippen LogP contribution in [0.3, 0.4) is 0 Å². The van der Waals surface area contributed by atoms with Crippen LogP contribution in [0.1, 0.15) is 20.3 Å². The van der Waals surface area contributed by atoms with Gasteiger partial charge in [-0.1, -0.05) is 0 Å². The van der Waals surface area contributed by atoms with E-state index in [4.69, 9.17) is 10.5 Å². The number of aromatic nitrogens is 1. The maximum Gasteiger partial charge on any atom is 0.198 e. The molecule has 5 nitrogen and oxygen atoms in total. The normalized spacial score (nSPS) is 20.1. The first-order valence-corrected chi connectivity index (χ1v) is 7.09. The zero-order valence-corrected chi connectivity index (χ0v) is 12.3. The molecular formula is C12H22N4OS. The Morgan fingerprint density at radius 2 is 2.22 bits per heavy atom. The smallest absolute Gasteiger partial charge is 0.198 e. The highest BCUT2D eigenvalue weighted by molar-refractivity contribution is 7.11. The predicted molar refractivity (Wildman–Crippen MR) is 76.6 cm³/mol. The third-order valence-corrected chi connectivity index (χ3v) is 4.10. The summed E-state index contributed by atoms with van der Waals surface area (Å²) < 4.78 is 10.0. The summed E-state index contributed by atoms with van der Waals surface area (Å²) in [6, 6.07) is 0.597. The summed E-state index contributed by atoms with van der Waals surface area (Å²) in [5.74, 6) is 1.27. The van der Waals surface area contributed by atoms with Gasteiger partial charge in [-0.3, -0.25) is 0 Å². The van der Waals surface area contributed by atoms with E-state index in [2.05, 4.69) is 28.3 Å². The molecule has 0 amide bonds. The fourth-order valence-corrected chi connectivity index (χ4v) is 2.97. The van der Waals surface area contributed by atoms with Gasteiger partial charge in [-0.2, -0.15) is 4.37 Å². The third-order valence-electron chi connectivity index (χ3n) is 3.19. The highest BCUT2D eigenvalue weighted by Gasteiger charge is 2.28. The maximum atomic E-state index is 5.89. The van der Waals surface area contributed by atoms with Crippen molar-refractivity contribution in [2.75, 3.05) is 37.8 Å². The SMILES string of the molecule is CC(C)Oc1c(N)nsc1N1CCC(N(C)C)C1. The van der Waals surface area contributed by atoms with Gasteiger partial charge < -0.3 is 20.3 Å². The monoisotopic (exact) mass is 270 g/mol. The zero-order valence-electron chi connectivity index (χ0n) is 11.5. The molecule has 1 atom stereocenters. The van der Waals surface area contributed by atoms with Gasteiger partial charge in [0.05, 0.1) is 6.10 Å². The van der Waals surface area contributed by atoms with Crippen LogP contribution in [0.15, 0.2) is 0 Å². The van der Waals surface area contributed by atoms with Gasteiger partial charge in [0.15, 0.2) is 16.6 Å². The van der Waals surface area contributed by atoms with E-state index in [-0.39, 0.29) is 6.10 Å². The summed E-state index contributed by atoms with van der Waals surface area (Å²) >= 11 is 1.44. The standard InChI is InChI=1S/C12H22N4OS/c1-8(2)17-10-11(13)14-18-12(10)16-6-5-9(7-16)15(3)4/h8-9H,5-7H2,1-4H3,(H2,13,14). The quantitative estimate of drug-likeness (QED) is 0.901. The zero-order chi connectivity index (χ0) is 13.3. The van der Waals surface area contributed by atoms with Crippen molar-refractivity contribution in [2.24, 2.45) is 0 Å². The number of nitrogens with two attached hydrogens (primary N) is 1. The molecule has 0 bridgehead atoms. The molecule has 1 aliphatic heterocycles. The number of ether oxygens (including phenoxy) is 1. The number of rotatable bonds is 4. The minimum Gasteiger partial charge on any atom is -0.484 e. The second-order valence-electron chi connectivity index (χ2n) is 5.22. The average molecular weight is 270 g/mol. The molecule has 1 unspecified atom stereocenters. The van der Waals surface area contributed by atoms with Crippen molar-refractivity contribution in [2.45, 2.75) is 32.4 Å². The molecule has 0 spiro atoms. The van der Waals surface area contributed by atoms with E-state index in [1.165, 1.54) is 18.0 Å². The molecule has 1 fully saturated rings. The maximum absolute atomic E-state index is 5.89. The van der Waals surface area contributed by atoms with Crippen LogP contribution >= 0.6 is 11.5 Å². The van der Waals surface area contributed by atoms with E-state index in [0.29, 0.717) is 11.9 Å². The van der Waals surface area contributed by atoms with Crippen LogP contribution in [0.4, 0.5) is 10.8 Å². The van der Waals surface area contributed by atoms with Crippen molar-refractivity contribution in [1.82, 2.24) is 9.27 Å². The lowest BCUT2D eigenvalue weighted by Crippen LogP contribution is -2.31. The van der Waals surface area contributed by atoms with Gasteiger partial charge in [0, 0.05) is 19.1 Å². The minimum absolute atomic E-state index is 0.120. The van der Waals surface area contributed by atoms with Crippen molar-refractivity contribution in [3.05, 3.63) is 0 Å². The highest BCUT2D eigenvalue weighted by atomic mass is 32.1. The molecule has 1 aromatic rings. The number of hydrogen-bond acceptors (Lipinski definition) is 6. The molecule has 0 aliphatic carbocycles. The number of nitrogens with zero attached hydrogens (tertiary/aromatic N) is 3. The molecule has 2 heterocycles. The summed E-state index contributed by atoms with van der Waals surface area (Å²) in [7, 11) is 4.25. The summed E-state index contributed by atoms with van der Waals surface area (Å²) in [6.45, 7) is 6.07. The van der Waals surface area contributed by atoms with Crippen LogP contribution in [0.25, 0.3) is 0 Å². The molecule has 0 aromatic carbocycles. The number of likely N-dealkylation sites (N-methyl/N-ethyl adjacent to an activating group) is 1. The van der Waals surface area contributed by atoms with E-state index >= 15 is 0 Å². The van der Waals surface area contributed by atoms with Gasteiger partial charge in [-0.25, -0.2) is 0 Å². The van der Waals surface area contributed by atoms with Crippen molar-refractivity contribution in [3.63, 3.8) is 0 Å². The number of anilines is 2. The number of hydrogen-bond donors (Lipinski definition) is 1. The van der Waals surface area contributed by atoms with Gasteiger partial charge in [0.1, 0.15) is 0 Å². The Bertz CT molecular complexity index is 405. The summed E-state index contributed by atoms with van der Waals surface area (Å²) in [6.07, 6.45) is 1.29. The van der Waals surface area contributed by atoms with E-state index < -0.39 is 0 Å². The predicted octanol–water partition coefficient (Wildman–Crippen LogP) is 1.65. The Labute approximate surface area is 113 Å². The molecular weight excluding hydrogens is 248 g/mol. The van der Waals surface area contributed by atoms with Crippen molar-refractivity contribution < 1.29 is 4.74 Å². The molecule has 1 aromatic heterocycles. The first-order valence-electron chi connectivity index (χ1n) is 6.32. The summed E-state index contributed by atoms with van der Waals surface area (Å²) in [5, 5.41) is 1.07. The van der Waals surface area contributed by atoms with Crippen LogP contribution in [-0.2, 0) is 0 Å². The van der Waals surface area contributed by atoms with Crippen LogP contribution < -0.4 is 15.4 Å². The van der Waals surface area contributed by atoms with Crippen LogP contribution in [0.2, 0.25) is 0 Å². The topological polar surface area (TPSA) is 54.6 Å². The van der Waals surface area contributed by atoms with E-state index in [1.54, 1.807) is 0 Å². The van der Waals surface area contributed by atoms with Crippen LogP contribution in [-0.4, -0.2) is 48.6 Å². The fourth-order valence-electron chi connectivity index (χ4n) is 2.18. The number of nitrogen functional groups attached to an aromatic ring is 1. The van der Waals surface area contributed by atoms with Crippen LogP contribution in [0, 0.1) is 0 Å². The van der Waals surface area contributed by atoms with E-state index in [0.717, 1.165) is 23.8 Å². The Kier molecular flexibility index (Phi) is 3.97. The minimum atomic E-state index is 0.120. The van der Waals surface area contributed by atoms with E-state index in [9.17, 15) is 0 Å². The molecule has 6 heteroatoms. The lowest BCUT2D eigenvalue weighted by atomic mass is 10.2. The lowest BCUT2D eigenvalue weighted by molar-refractivity contribution is 0.245. The van der Waals surface area contributed by atoms with Gasteiger partial charge in [0.2, 0.25) is 0 Å². The second-order valence-corrected chi connectivity index (χ2v) is 5.97. The molecule has 1 aliphatic rings. The molecule has 0 saturated carbocycles. The summed E-state index contributed by atoms with van der Waals surface area (Å²) in [5.41, 5.74) is 5.89. The summed E-state index contributed by atoms with van der Waals surface area (Å²) in [4.78, 5) is 4.60. The Hall–Kier alpha value is -1.01. The molecule has 18 heavy (non-hydrogen) atoms. The van der Waals surface area contributed by atoms with Crippen LogP contribution in [0.5, 0.6) is 5.75 Å². The van der Waals surface area contributed by atoms with Gasteiger partial charge in [0.25, 0.3) is 0 Å². The van der Waals surface area contributed by atoms with Crippen molar-refractivity contribution >= 4 is 22.4 Å². The van der Waals surface area contributed by atoms with Gasteiger partial charge in [-0.05, 0) is 45.9 Å². The molecule has 0 radical (unpaired) electrons. The lowest BCUT2D eigenvalue weighted by Gasteiger charge is -2.21. The third kappa shape index (κ3) is 2.70. The second kappa shape index (κ2) is 5.32. The Morgan fingerprint density at radius 1 is 1.50 bits per heavy atom. The van der Waals surface area contributed by atoms with E-state index in [1.807, 2.05) is 13.8 Å². The van der Waals surface area contributed by atoms with Crippen molar-refractivity contribution in [1.29, 1.82) is 0 Å². The largest absolute Gasteiger partial charge is 0.484 e. The van der Waals surface area contributed by atoms with Gasteiger partial charge in [-0.15, -0.1) is 0 Å². The van der Waals surface area contributed by atoms with Crippen molar-refractivity contribution in [3.8, 4) is 5.75 Å². The Morgan fingerprint density at radius 3 is 2.78 bits per heavy atom. The van der Waals surface area contributed by atoms with Gasteiger partial charge >= 0.3 is 0 Å².